The van der Waals surface area contributed by atoms with Crippen LogP contribution in [0, 0.1) is 0 Å². The number of fused-ring (bicyclic) bond motifs is 1. The van der Waals surface area contributed by atoms with E-state index in [0.29, 0.717) is 18.8 Å². The molecule has 0 bridgehead atoms. The third-order valence-corrected chi connectivity index (χ3v) is 5.25. The Balaban J connectivity index is 1.34. The Hall–Kier alpha value is -3.13. The van der Waals surface area contributed by atoms with E-state index in [2.05, 4.69) is 39.4 Å². The SMILES string of the molecule is COc1cccc(C(C)N2CCN(C(=O)Nc3ccc4ncnn4c3)CC2)c1. The first kappa shape index (κ1) is 18.2. The predicted molar refractivity (Wildman–Crippen MR) is 107 cm³/mol. The Labute approximate surface area is 163 Å². The average Bonchev–Trinajstić information content (AvgIpc) is 3.21. The molecule has 0 aliphatic carbocycles. The number of rotatable bonds is 4. The van der Waals surface area contributed by atoms with Crippen molar-refractivity contribution in [1.29, 1.82) is 0 Å². The van der Waals surface area contributed by atoms with Gasteiger partial charge in [0.05, 0.1) is 19.0 Å². The molecular weight excluding hydrogens is 356 g/mol. The van der Waals surface area contributed by atoms with Gasteiger partial charge in [-0.1, -0.05) is 12.1 Å². The van der Waals surface area contributed by atoms with Gasteiger partial charge in [-0.3, -0.25) is 4.90 Å². The number of hydrogen-bond acceptors (Lipinski definition) is 5. The van der Waals surface area contributed by atoms with Crippen molar-refractivity contribution in [3.8, 4) is 5.75 Å². The maximum Gasteiger partial charge on any atom is 0.321 e. The minimum absolute atomic E-state index is 0.0897. The van der Waals surface area contributed by atoms with Crippen molar-refractivity contribution in [3.05, 3.63) is 54.5 Å². The smallest absolute Gasteiger partial charge is 0.321 e. The Morgan fingerprint density at radius 1 is 1.18 bits per heavy atom. The lowest BCUT2D eigenvalue weighted by Gasteiger charge is -2.38. The topological polar surface area (TPSA) is 75.0 Å². The molecule has 1 saturated heterocycles. The molecule has 1 aromatic carbocycles. The number of amides is 2. The first-order valence-corrected chi connectivity index (χ1v) is 9.37. The van der Waals surface area contributed by atoms with E-state index in [-0.39, 0.29) is 12.1 Å². The summed E-state index contributed by atoms with van der Waals surface area (Å²) in [7, 11) is 1.68. The molecule has 0 spiro atoms. The van der Waals surface area contributed by atoms with Gasteiger partial charge in [0.2, 0.25) is 0 Å². The van der Waals surface area contributed by atoms with Gasteiger partial charge in [-0.25, -0.2) is 14.3 Å². The molecule has 3 heterocycles. The molecule has 28 heavy (non-hydrogen) atoms. The van der Waals surface area contributed by atoms with Crippen LogP contribution in [0.15, 0.2) is 48.9 Å². The first-order chi connectivity index (χ1) is 13.6. The standard InChI is InChI=1S/C20H24N6O2/c1-15(16-4-3-5-18(12-16)28-2)24-8-10-25(11-9-24)20(27)23-17-6-7-19-21-14-22-26(19)13-17/h3-7,12-15H,8-11H2,1-2H3,(H,23,27). The van der Waals surface area contributed by atoms with Crippen molar-refractivity contribution >= 4 is 17.4 Å². The van der Waals surface area contributed by atoms with Crippen LogP contribution in [0.25, 0.3) is 5.65 Å². The molecule has 1 aliphatic rings. The maximum absolute atomic E-state index is 12.6. The van der Waals surface area contributed by atoms with E-state index in [9.17, 15) is 4.79 Å². The molecule has 2 amide bonds. The number of carbonyl (C=O) groups excluding carboxylic acids is 1. The number of aromatic nitrogens is 3. The van der Waals surface area contributed by atoms with E-state index in [1.807, 2.05) is 29.2 Å². The summed E-state index contributed by atoms with van der Waals surface area (Å²) in [6.07, 6.45) is 3.25. The molecule has 8 heteroatoms. The summed E-state index contributed by atoms with van der Waals surface area (Å²) in [5, 5.41) is 7.04. The number of urea groups is 1. The Morgan fingerprint density at radius 2 is 2.00 bits per heavy atom. The molecule has 0 saturated carbocycles. The summed E-state index contributed by atoms with van der Waals surface area (Å²) in [4.78, 5) is 20.9. The monoisotopic (exact) mass is 380 g/mol. The summed E-state index contributed by atoms with van der Waals surface area (Å²) in [6.45, 7) is 5.22. The average molecular weight is 380 g/mol. The zero-order valence-electron chi connectivity index (χ0n) is 16.1. The molecule has 1 N–H and O–H groups in total. The fourth-order valence-corrected chi connectivity index (χ4v) is 3.52. The van der Waals surface area contributed by atoms with Gasteiger partial charge in [-0.05, 0) is 36.8 Å². The highest BCUT2D eigenvalue weighted by Gasteiger charge is 2.25. The third kappa shape index (κ3) is 3.77. The Kier molecular flexibility index (Phi) is 5.12. The molecule has 3 aromatic rings. The minimum Gasteiger partial charge on any atom is -0.497 e. The van der Waals surface area contributed by atoms with Crippen LogP contribution in [-0.4, -0.2) is 63.7 Å². The highest BCUT2D eigenvalue weighted by molar-refractivity contribution is 5.89. The second kappa shape index (κ2) is 7.85. The molecule has 146 valence electrons. The first-order valence-electron chi connectivity index (χ1n) is 9.37. The number of ether oxygens (including phenoxy) is 1. The van der Waals surface area contributed by atoms with Crippen molar-refractivity contribution in [2.75, 3.05) is 38.6 Å². The quantitative estimate of drug-likeness (QED) is 0.753. The maximum atomic E-state index is 12.6. The molecule has 1 unspecified atom stereocenters. The fraction of sp³-hybridized carbons (Fsp3) is 0.350. The zero-order chi connectivity index (χ0) is 19.5. The number of nitrogens with one attached hydrogen (secondary N) is 1. The van der Waals surface area contributed by atoms with Crippen LogP contribution in [-0.2, 0) is 0 Å². The lowest BCUT2D eigenvalue weighted by atomic mass is 10.1. The molecule has 0 radical (unpaired) electrons. The summed E-state index contributed by atoms with van der Waals surface area (Å²) in [5.41, 5.74) is 2.67. The van der Waals surface area contributed by atoms with Crippen molar-refractivity contribution in [2.24, 2.45) is 0 Å². The van der Waals surface area contributed by atoms with E-state index in [0.717, 1.165) is 24.5 Å². The minimum atomic E-state index is -0.0897. The van der Waals surface area contributed by atoms with Gasteiger partial charge in [0.25, 0.3) is 0 Å². The molecule has 4 rings (SSSR count). The third-order valence-electron chi connectivity index (χ3n) is 5.25. The summed E-state index contributed by atoms with van der Waals surface area (Å²) >= 11 is 0. The van der Waals surface area contributed by atoms with Crippen LogP contribution >= 0.6 is 0 Å². The lowest BCUT2D eigenvalue weighted by Crippen LogP contribution is -2.50. The van der Waals surface area contributed by atoms with E-state index in [4.69, 9.17) is 4.74 Å². The van der Waals surface area contributed by atoms with E-state index in [1.54, 1.807) is 17.8 Å². The number of carbonyl (C=O) groups is 1. The molecule has 1 atom stereocenters. The lowest BCUT2D eigenvalue weighted by molar-refractivity contribution is 0.119. The summed E-state index contributed by atoms with van der Waals surface area (Å²) in [6, 6.07) is 12.0. The van der Waals surface area contributed by atoms with Gasteiger partial charge >= 0.3 is 6.03 Å². The molecular formula is C20H24N6O2. The highest BCUT2D eigenvalue weighted by atomic mass is 16.5. The summed E-state index contributed by atoms with van der Waals surface area (Å²) in [5.74, 6) is 0.867. The number of pyridine rings is 1. The number of benzene rings is 1. The van der Waals surface area contributed by atoms with Crippen LogP contribution in [0.1, 0.15) is 18.5 Å². The number of hydrogen-bond donors (Lipinski definition) is 1. The van der Waals surface area contributed by atoms with E-state index in [1.165, 1.54) is 11.9 Å². The van der Waals surface area contributed by atoms with Crippen LogP contribution in [0.2, 0.25) is 0 Å². The molecule has 1 aliphatic heterocycles. The van der Waals surface area contributed by atoms with Gasteiger partial charge in [-0.2, -0.15) is 5.10 Å². The van der Waals surface area contributed by atoms with Crippen LogP contribution < -0.4 is 10.1 Å². The van der Waals surface area contributed by atoms with Gasteiger partial charge in [0.1, 0.15) is 12.1 Å². The van der Waals surface area contributed by atoms with Crippen molar-refractivity contribution < 1.29 is 9.53 Å². The number of methoxy groups -OCH3 is 1. The largest absolute Gasteiger partial charge is 0.497 e. The second-order valence-electron chi connectivity index (χ2n) is 6.89. The van der Waals surface area contributed by atoms with E-state index >= 15 is 0 Å². The second-order valence-corrected chi connectivity index (χ2v) is 6.89. The van der Waals surface area contributed by atoms with Crippen molar-refractivity contribution in [1.82, 2.24) is 24.4 Å². The van der Waals surface area contributed by atoms with Gasteiger partial charge in [0.15, 0.2) is 5.65 Å². The van der Waals surface area contributed by atoms with Crippen molar-refractivity contribution in [2.45, 2.75) is 13.0 Å². The van der Waals surface area contributed by atoms with E-state index < -0.39 is 0 Å². The van der Waals surface area contributed by atoms with Crippen molar-refractivity contribution in [3.63, 3.8) is 0 Å². The van der Waals surface area contributed by atoms with Crippen LogP contribution in [0.5, 0.6) is 5.75 Å². The van der Waals surface area contributed by atoms with Crippen LogP contribution in [0.4, 0.5) is 10.5 Å². The van der Waals surface area contributed by atoms with Gasteiger partial charge in [0, 0.05) is 32.2 Å². The Bertz CT molecular complexity index is 964. The van der Waals surface area contributed by atoms with Gasteiger partial charge in [-0.15, -0.1) is 0 Å². The zero-order valence-corrected chi connectivity index (χ0v) is 16.1. The number of anilines is 1. The summed E-state index contributed by atoms with van der Waals surface area (Å²) < 4.78 is 6.97. The highest BCUT2D eigenvalue weighted by Crippen LogP contribution is 2.25. The molecule has 1 fully saturated rings. The predicted octanol–water partition coefficient (Wildman–Crippen LogP) is 2.65. The Morgan fingerprint density at radius 3 is 2.79 bits per heavy atom. The van der Waals surface area contributed by atoms with Crippen LogP contribution in [0.3, 0.4) is 0 Å². The number of piperazine rings is 1. The molecule has 2 aromatic heterocycles. The normalized spacial score (nSPS) is 16.1. The number of nitrogens with zero attached hydrogens (tertiary/aromatic N) is 5. The fourth-order valence-electron chi connectivity index (χ4n) is 3.52. The van der Waals surface area contributed by atoms with Gasteiger partial charge < -0.3 is 15.0 Å². The molecule has 8 nitrogen and oxygen atoms in total.